The lowest BCUT2D eigenvalue weighted by Crippen LogP contribution is -2.42. The first-order chi connectivity index (χ1) is 13.7. The van der Waals surface area contributed by atoms with E-state index in [1.807, 2.05) is 24.3 Å². The van der Waals surface area contributed by atoms with Gasteiger partial charge in [0, 0.05) is 39.0 Å². The number of aliphatic hydroxyl groups excluding tert-OH is 1. The number of benzene rings is 2. The van der Waals surface area contributed by atoms with E-state index in [4.69, 9.17) is 0 Å². The van der Waals surface area contributed by atoms with Crippen LogP contribution in [0.1, 0.15) is 22.6 Å². The van der Waals surface area contributed by atoms with Gasteiger partial charge in [0.25, 0.3) is 0 Å². The second-order valence-corrected chi connectivity index (χ2v) is 8.40. The Morgan fingerprint density at radius 3 is 2.82 bits per heavy atom. The van der Waals surface area contributed by atoms with Gasteiger partial charge in [-0.2, -0.15) is 0 Å². The van der Waals surface area contributed by atoms with Crippen LogP contribution < -0.4 is 5.32 Å². The number of fused-ring (bicyclic) bond motifs is 2. The topological polar surface area (TPSA) is 65.5 Å². The van der Waals surface area contributed by atoms with Gasteiger partial charge in [-0.1, -0.05) is 36.4 Å². The molecule has 2 N–H and O–H groups in total. The van der Waals surface area contributed by atoms with E-state index >= 15 is 0 Å². The number of aryl methyl sites for hydroxylation is 1. The maximum absolute atomic E-state index is 12.1. The molecule has 3 aromatic rings. The molecule has 0 radical (unpaired) electrons. The highest BCUT2D eigenvalue weighted by molar-refractivity contribution is 7.18. The second kappa shape index (κ2) is 8.82. The van der Waals surface area contributed by atoms with Crippen molar-refractivity contribution >= 4 is 27.5 Å². The standard InChI is InChI=1S/C22H25N3O2S/c26-18(15-25-12-11-16-5-1-2-6-17(16)14-25)13-23-21(27)9-10-22-24-19-7-3-4-8-20(19)28-22/h1-8,18,26H,9-15H2,(H,23,27)/t18-/m0/s1. The molecule has 1 amide bonds. The van der Waals surface area contributed by atoms with E-state index < -0.39 is 6.10 Å². The molecule has 0 saturated carbocycles. The summed E-state index contributed by atoms with van der Waals surface area (Å²) in [5, 5.41) is 14.1. The number of hydrogen-bond donors (Lipinski definition) is 2. The van der Waals surface area contributed by atoms with Crippen LogP contribution in [0.5, 0.6) is 0 Å². The number of nitrogens with one attached hydrogen (secondary N) is 1. The van der Waals surface area contributed by atoms with E-state index in [2.05, 4.69) is 39.5 Å². The molecule has 1 aliphatic heterocycles. The minimum atomic E-state index is -0.559. The Kier molecular flexibility index (Phi) is 6.00. The molecule has 0 unspecified atom stereocenters. The van der Waals surface area contributed by atoms with E-state index in [1.54, 1.807) is 11.3 Å². The highest BCUT2D eigenvalue weighted by Crippen LogP contribution is 2.22. The van der Waals surface area contributed by atoms with Crippen LogP contribution in [-0.4, -0.2) is 46.6 Å². The van der Waals surface area contributed by atoms with Gasteiger partial charge in [-0.05, 0) is 29.7 Å². The van der Waals surface area contributed by atoms with E-state index in [9.17, 15) is 9.90 Å². The molecule has 2 heterocycles. The van der Waals surface area contributed by atoms with Gasteiger partial charge >= 0.3 is 0 Å². The monoisotopic (exact) mass is 395 g/mol. The predicted octanol–water partition coefficient (Wildman–Crippen LogP) is 2.76. The second-order valence-electron chi connectivity index (χ2n) is 7.29. The highest BCUT2D eigenvalue weighted by Gasteiger charge is 2.18. The summed E-state index contributed by atoms with van der Waals surface area (Å²) in [6.45, 7) is 2.67. The quantitative estimate of drug-likeness (QED) is 0.646. The molecular weight excluding hydrogens is 370 g/mol. The maximum atomic E-state index is 12.1. The van der Waals surface area contributed by atoms with Crippen LogP contribution in [0.4, 0.5) is 0 Å². The van der Waals surface area contributed by atoms with E-state index in [0.717, 1.165) is 34.7 Å². The molecule has 1 aromatic heterocycles. The van der Waals surface area contributed by atoms with Crippen molar-refractivity contribution in [3.8, 4) is 0 Å². The van der Waals surface area contributed by atoms with Gasteiger partial charge in [-0.25, -0.2) is 4.98 Å². The van der Waals surface area contributed by atoms with E-state index in [-0.39, 0.29) is 12.5 Å². The smallest absolute Gasteiger partial charge is 0.220 e. The number of carbonyl (C=O) groups excluding carboxylic acids is 1. The third kappa shape index (κ3) is 4.76. The number of nitrogens with zero attached hydrogens (tertiary/aromatic N) is 2. The SMILES string of the molecule is O=C(CCc1nc2ccccc2s1)NC[C@H](O)CN1CCc2ccccc2C1. The minimum absolute atomic E-state index is 0.0395. The summed E-state index contributed by atoms with van der Waals surface area (Å²) >= 11 is 1.63. The van der Waals surface area contributed by atoms with Crippen LogP contribution in [0.2, 0.25) is 0 Å². The zero-order valence-electron chi connectivity index (χ0n) is 15.8. The van der Waals surface area contributed by atoms with Crippen LogP contribution in [0, 0.1) is 0 Å². The van der Waals surface area contributed by atoms with Crippen molar-refractivity contribution in [3.05, 3.63) is 64.7 Å². The zero-order valence-corrected chi connectivity index (χ0v) is 16.6. The molecule has 0 fully saturated rings. The molecule has 2 aromatic carbocycles. The van der Waals surface area contributed by atoms with Crippen molar-refractivity contribution in [2.45, 2.75) is 31.9 Å². The molecule has 0 saturated heterocycles. The Labute approximate surface area is 169 Å². The number of β-amino-alcohol motifs (C(OH)–C–C–N with tert-alkyl or cyclic N) is 1. The largest absolute Gasteiger partial charge is 0.390 e. The van der Waals surface area contributed by atoms with Crippen molar-refractivity contribution in [1.82, 2.24) is 15.2 Å². The lowest BCUT2D eigenvalue weighted by atomic mass is 10.00. The van der Waals surface area contributed by atoms with Gasteiger partial charge in [0.15, 0.2) is 0 Å². The predicted molar refractivity (Wildman–Crippen MR) is 112 cm³/mol. The summed E-state index contributed by atoms with van der Waals surface area (Å²) < 4.78 is 1.15. The zero-order chi connectivity index (χ0) is 19.3. The van der Waals surface area contributed by atoms with Gasteiger partial charge in [0.05, 0.1) is 21.3 Å². The van der Waals surface area contributed by atoms with Gasteiger partial charge in [0.2, 0.25) is 5.91 Å². The first kappa shape index (κ1) is 19.1. The van der Waals surface area contributed by atoms with Crippen LogP contribution in [0.25, 0.3) is 10.2 Å². The molecule has 5 nitrogen and oxygen atoms in total. The Balaban J connectivity index is 1.19. The average molecular weight is 396 g/mol. The Morgan fingerprint density at radius 2 is 1.96 bits per heavy atom. The Bertz CT molecular complexity index is 923. The number of aliphatic hydroxyl groups is 1. The van der Waals surface area contributed by atoms with Gasteiger partial charge in [0.1, 0.15) is 0 Å². The average Bonchev–Trinajstić information content (AvgIpc) is 3.14. The van der Waals surface area contributed by atoms with Gasteiger partial charge in [-0.15, -0.1) is 11.3 Å². The van der Waals surface area contributed by atoms with Crippen molar-refractivity contribution in [3.63, 3.8) is 0 Å². The van der Waals surface area contributed by atoms with Crippen LogP contribution in [-0.2, 0) is 24.2 Å². The van der Waals surface area contributed by atoms with Crippen molar-refractivity contribution in [2.75, 3.05) is 19.6 Å². The van der Waals surface area contributed by atoms with Gasteiger partial charge < -0.3 is 10.4 Å². The fraction of sp³-hybridized carbons (Fsp3) is 0.364. The normalized spacial score (nSPS) is 15.3. The number of aromatic nitrogens is 1. The third-order valence-electron chi connectivity index (χ3n) is 5.12. The number of thiazole rings is 1. The molecule has 6 heteroatoms. The lowest BCUT2D eigenvalue weighted by Gasteiger charge is -2.30. The van der Waals surface area contributed by atoms with Crippen LogP contribution in [0.15, 0.2) is 48.5 Å². The molecule has 4 rings (SSSR count). The number of hydrogen-bond acceptors (Lipinski definition) is 5. The summed E-state index contributed by atoms with van der Waals surface area (Å²) in [6, 6.07) is 16.5. The third-order valence-corrected chi connectivity index (χ3v) is 6.21. The fourth-order valence-corrected chi connectivity index (χ4v) is 4.61. The van der Waals surface area contributed by atoms with Crippen molar-refractivity contribution in [1.29, 1.82) is 0 Å². The number of carbonyl (C=O) groups is 1. The van der Waals surface area contributed by atoms with Crippen LogP contribution in [0.3, 0.4) is 0 Å². The molecule has 0 aliphatic carbocycles. The van der Waals surface area contributed by atoms with E-state index in [1.165, 1.54) is 11.1 Å². The Morgan fingerprint density at radius 1 is 1.18 bits per heavy atom. The molecular formula is C22H25N3O2S. The molecule has 1 aliphatic rings. The first-order valence-corrected chi connectivity index (χ1v) is 10.6. The summed E-state index contributed by atoms with van der Waals surface area (Å²) in [5.74, 6) is -0.0395. The van der Waals surface area contributed by atoms with Crippen molar-refractivity contribution in [2.24, 2.45) is 0 Å². The summed E-state index contributed by atoms with van der Waals surface area (Å²) in [4.78, 5) is 18.9. The minimum Gasteiger partial charge on any atom is -0.390 e. The number of rotatable bonds is 7. The summed E-state index contributed by atoms with van der Waals surface area (Å²) in [5.41, 5.74) is 3.72. The highest BCUT2D eigenvalue weighted by atomic mass is 32.1. The first-order valence-electron chi connectivity index (χ1n) is 9.76. The molecule has 28 heavy (non-hydrogen) atoms. The Hall–Kier alpha value is -2.28. The molecule has 146 valence electrons. The summed E-state index contributed by atoms with van der Waals surface area (Å²) in [6.07, 6.45) is 1.47. The lowest BCUT2D eigenvalue weighted by molar-refractivity contribution is -0.121. The summed E-state index contributed by atoms with van der Waals surface area (Å²) in [7, 11) is 0. The fourth-order valence-electron chi connectivity index (χ4n) is 3.64. The molecule has 1 atom stereocenters. The molecule has 0 spiro atoms. The molecule has 0 bridgehead atoms. The number of amides is 1. The number of para-hydroxylation sites is 1. The van der Waals surface area contributed by atoms with Crippen molar-refractivity contribution < 1.29 is 9.90 Å². The maximum Gasteiger partial charge on any atom is 0.220 e. The van der Waals surface area contributed by atoms with E-state index in [0.29, 0.717) is 19.4 Å². The van der Waals surface area contributed by atoms with Crippen LogP contribution >= 0.6 is 11.3 Å². The van der Waals surface area contributed by atoms with Gasteiger partial charge in [-0.3, -0.25) is 9.69 Å².